The van der Waals surface area contributed by atoms with E-state index in [1.807, 2.05) is 6.92 Å². The molecule has 2 aliphatic carbocycles. The van der Waals surface area contributed by atoms with E-state index in [2.05, 4.69) is 15.9 Å². The van der Waals surface area contributed by atoms with Crippen molar-refractivity contribution in [1.29, 1.82) is 0 Å². The molecule has 0 aromatic heterocycles. The summed E-state index contributed by atoms with van der Waals surface area (Å²) in [6, 6.07) is 0. The van der Waals surface area contributed by atoms with Crippen LogP contribution in [0.1, 0.15) is 26.7 Å². The summed E-state index contributed by atoms with van der Waals surface area (Å²) in [7, 11) is 1.29. The Kier molecular flexibility index (Phi) is 3.47. The van der Waals surface area contributed by atoms with Gasteiger partial charge < -0.3 is 9.84 Å². The van der Waals surface area contributed by atoms with E-state index in [0.29, 0.717) is 22.9 Å². The number of carbonyl (C=O) groups excluding carboxylic acids is 2. The summed E-state index contributed by atoms with van der Waals surface area (Å²) < 4.78 is 5.34. The molecule has 3 atom stereocenters. The van der Waals surface area contributed by atoms with Gasteiger partial charge in [0.05, 0.1) is 23.1 Å². The zero-order valence-electron chi connectivity index (χ0n) is 11.2. The molecule has 0 aromatic carbocycles. The first kappa shape index (κ1) is 14.5. The van der Waals surface area contributed by atoms with E-state index in [4.69, 9.17) is 4.74 Å². The third-order valence-corrected chi connectivity index (χ3v) is 5.09. The summed E-state index contributed by atoms with van der Waals surface area (Å²) in [6.45, 7) is 3.47. The number of esters is 1. The fraction of sp³-hybridized carbons (Fsp3) is 0.571. The van der Waals surface area contributed by atoms with Crippen molar-refractivity contribution in [2.24, 2.45) is 10.8 Å². The Labute approximate surface area is 120 Å². The Morgan fingerprint density at radius 2 is 2.11 bits per heavy atom. The summed E-state index contributed by atoms with van der Waals surface area (Å²) in [6.07, 6.45) is 3.47. The lowest BCUT2D eigenvalue weighted by Crippen LogP contribution is -2.53. The zero-order valence-corrected chi connectivity index (χ0v) is 12.8. The number of rotatable bonds is 1. The fourth-order valence-electron chi connectivity index (χ4n) is 3.15. The quantitative estimate of drug-likeness (QED) is 0.749. The van der Waals surface area contributed by atoms with Crippen LogP contribution in [0.4, 0.5) is 0 Å². The Bertz CT molecular complexity index is 508. The molecule has 0 heterocycles. The summed E-state index contributed by atoms with van der Waals surface area (Å²) in [4.78, 5) is 24.5. The maximum absolute atomic E-state index is 12.4. The number of allylic oxidation sites excluding steroid dienone is 3. The minimum absolute atomic E-state index is 0.0490. The van der Waals surface area contributed by atoms with Crippen LogP contribution in [-0.2, 0) is 14.3 Å². The van der Waals surface area contributed by atoms with Crippen molar-refractivity contribution in [3.05, 3.63) is 22.2 Å². The van der Waals surface area contributed by atoms with Gasteiger partial charge in [0.15, 0.2) is 5.78 Å². The molecule has 0 spiro atoms. The molecule has 0 aromatic rings. The highest BCUT2D eigenvalue weighted by molar-refractivity contribution is 9.12. The first-order valence-electron chi connectivity index (χ1n) is 6.18. The number of aliphatic hydroxyl groups is 1. The minimum atomic E-state index is -1.17. The van der Waals surface area contributed by atoms with Crippen molar-refractivity contribution in [3.8, 4) is 0 Å². The number of carbonyl (C=O) groups is 2. The number of halogens is 1. The molecule has 4 nitrogen and oxygen atoms in total. The number of ether oxygens (including phenoxy) is 1. The summed E-state index contributed by atoms with van der Waals surface area (Å²) in [5.41, 5.74) is -1.28. The van der Waals surface area contributed by atoms with Crippen molar-refractivity contribution in [2.75, 3.05) is 7.11 Å². The van der Waals surface area contributed by atoms with Gasteiger partial charge in [-0.1, -0.05) is 6.08 Å². The summed E-state index contributed by atoms with van der Waals surface area (Å²) in [5, 5.41) is 10.2. The number of hydrogen-bond acceptors (Lipinski definition) is 4. The molecule has 5 heteroatoms. The van der Waals surface area contributed by atoms with Gasteiger partial charge in [-0.3, -0.25) is 9.59 Å². The van der Waals surface area contributed by atoms with Gasteiger partial charge in [0, 0.05) is 0 Å². The average Bonchev–Trinajstić information content (AvgIpc) is 2.39. The molecular formula is C14H17BrO4. The smallest absolute Gasteiger partial charge is 0.318 e. The first-order chi connectivity index (χ1) is 8.78. The van der Waals surface area contributed by atoms with Gasteiger partial charge in [0.2, 0.25) is 0 Å². The second kappa shape index (κ2) is 4.56. The second-order valence-electron chi connectivity index (χ2n) is 5.50. The van der Waals surface area contributed by atoms with Crippen molar-refractivity contribution >= 4 is 27.7 Å². The topological polar surface area (TPSA) is 63.6 Å². The molecule has 0 unspecified atom stereocenters. The maximum Gasteiger partial charge on any atom is 0.318 e. The molecule has 2 aliphatic rings. The first-order valence-corrected chi connectivity index (χ1v) is 6.97. The number of ketones is 1. The molecule has 0 amide bonds. The third kappa shape index (κ3) is 1.82. The van der Waals surface area contributed by atoms with Gasteiger partial charge in [-0.15, -0.1) is 0 Å². The molecule has 1 saturated carbocycles. The van der Waals surface area contributed by atoms with Gasteiger partial charge in [0.25, 0.3) is 0 Å². The van der Waals surface area contributed by atoms with Gasteiger partial charge in [-0.25, -0.2) is 0 Å². The average molecular weight is 329 g/mol. The van der Waals surface area contributed by atoms with E-state index in [0.717, 1.165) is 0 Å². The standard InChI is InChI=1S/C14H17BrO4/c1-13-7-6-10(16)14(2,12(18)19-3)9(13)5-4-8(15)11(13)17/h4-5,10,16H,6-7H2,1-3H3/t10-,13-,14+/m0/s1. The van der Waals surface area contributed by atoms with Gasteiger partial charge in [-0.2, -0.15) is 0 Å². The van der Waals surface area contributed by atoms with Crippen molar-refractivity contribution in [1.82, 2.24) is 0 Å². The van der Waals surface area contributed by atoms with E-state index >= 15 is 0 Å². The molecule has 104 valence electrons. The summed E-state index contributed by atoms with van der Waals surface area (Å²) in [5.74, 6) is -0.552. The van der Waals surface area contributed by atoms with Crippen LogP contribution in [0.25, 0.3) is 0 Å². The maximum atomic E-state index is 12.4. The number of aliphatic hydroxyl groups excluding tert-OH is 1. The third-order valence-electron chi connectivity index (χ3n) is 4.46. The second-order valence-corrected chi connectivity index (χ2v) is 6.36. The highest BCUT2D eigenvalue weighted by Crippen LogP contribution is 2.54. The molecule has 0 aliphatic heterocycles. The lowest BCUT2D eigenvalue weighted by molar-refractivity contribution is -0.159. The van der Waals surface area contributed by atoms with E-state index in [-0.39, 0.29) is 5.78 Å². The minimum Gasteiger partial charge on any atom is -0.468 e. The lowest BCUT2D eigenvalue weighted by Gasteiger charge is -2.48. The molecule has 0 radical (unpaired) electrons. The van der Waals surface area contributed by atoms with E-state index in [1.165, 1.54) is 7.11 Å². The Balaban J connectivity index is 2.62. The lowest BCUT2D eigenvalue weighted by atomic mass is 9.55. The Hall–Kier alpha value is -0.940. The molecule has 1 fully saturated rings. The van der Waals surface area contributed by atoms with E-state index in [1.54, 1.807) is 19.1 Å². The Morgan fingerprint density at radius 1 is 1.47 bits per heavy atom. The van der Waals surface area contributed by atoms with Crippen molar-refractivity contribution in [3.63, 3.8) is 0 Å². The highest BCUT2D eigenvalue weighted by Gasteiger charge is 2.57. The van der Waals surface area contributed by atoms with Crippen LogP contribution in [-0.4, -0.2) is 30.1 Å². The van der Waals surface area contributed by atoms with E-state index < -0.39 is 22.9 Å². The predicted octanol–water partition coefficient (Wildman–Crippen LogP) is 2.11. The normalized spacial score (nSPS) is 38.2. The molecule has 19 heavy (non-hydrogen) atoms. The molecule has 0 saturated heterocycles. The van der Waals surface area contributed by atoms with E-state index in [9.17, 15) is 14.7 Å². The molecule has 1 N–H and O–H groups in total. The van der Waals surface area contributed by atoms with Gasteiger partial charge in [-0.05, 0) is 54.3 Å². The van der Waals surface area contributed by atoms with Crippen LogP contribution in [0.5, 0.6) is 0 Å². The summed E-state index contributed by atoms with van der Waals surface area (Å²) >= 11 is 3.25. The largest absolute Gasteiger partial charge is 0.468 e. The van der Waals surface area contributed by atoms with Crippen molar-refractivity contribution < 1.29 is 19.4 Å². The highest BCUT2D eigenvalue weighted by atomic mass is 79.9. The zero-order chi connectivity index (χ0) is 14.4. The Morgan fingerprint density at radius 3 is 2.68 bits per heavy atom. The van der Waals surface area contributed by atoms with Crippen LogP contribution < -0.4 is 0 Å². The molecule has 0 bridgehead atoms. The fourth-order valence-corrected chi connectivity index (χ4v) is 3.72. The monoisotopic (exact) mass is 328 g/mol. The van der Waals surface area contributed by atoms with Gasteiger partial charge in [0.1, 0.15) is 5.41 Å². The van der Waals surface area contributed by atoms with Crippen LogP contribution >= 0.6 is 15.9 Å². The van der Waals surface area contributed by atoms with Gasteiger partial charge >= 0.3 is 5.97 Å². The number of fused-ring (bicyclic) bond motifs is 1. The number of hydrogen-bond donors (Lipinski definition) is 1. The number of methoxy groups -OCH3 is 1. The van der Waals surface area contributed by atoms with Crippen molar-refractivity contribution in [2.45, 2.75) is 32.8 Å². The molecular weight excluding hydrogens is 312 g/mol. The van der Waals surface area contributed by atoms with Crippen LogP contribution in [0.2, 0.25) is 0 Å². The predicted molar refractivity (Wildman–Crippen MR) is 73.6 cm³/mol. The van der Waals surface area contributed by atoms with Crippen LogP contribution in [0, 0.1) is 10.8 Å². The number of Topliss-reactive ketones (excluding diaryl/α,β-unsaturated/α-hetero) is 1. The molecule has 2 rings (SSSR count). The van der Waals surface area contributed by atoms with Crippen LogP contribution in [0.15, 0.2) is 22.2 Å². The SMILES string of the molecule is COC(=O)[C@]1(C)C2=CC=C(Br)C(=O)[C@@]2(C)CC[C@@H]1O. The van der Waals surface area contributed by atoms with Crippen LogP contribution in [0.3, 0.4) is 0 Å².